The first-order valence-electron chi connectivity index (χ1n) is 8.70. The smallest absolute Gasteiger partial charge is 0.319 e. The van der Waals surface area contributed by atoms with Gasteiger partial charge in [0, 0.05) is 37.6 Å². The first-order valence-corrected chi connectivity index (χ1v) is 8.70. The van der Waals surface area contributed by atoms with Gasteiger partial charge in [0.05, 0.1) is 6.10 Å². The van der Waals surface area contributed by atoms with Crippen LogP contribution >= 0.6 is 0 Å². The van der Waals surface area contributed by atoms with Crippen molar-refractivity contribution in [2.45, 2.75) is 50.7 Å². The number of hydrogen-bond donors (Lipinski definition) is 2. The average molecular weight is 317 g/mol. The van der Waals surface area contributed by atoms with Gasteiger partial charge in [-0.05, 0) is 49.9 Å². The fourth-order valence-electron chi connectivity index (χ4n) is 3.53. The number of amides is 2. The minimum Gasteiger partial charge on any atom is -0.381 e. The van der Waals surface area contributed by atoms with Crippen LogP contribution in [-0.4, -0.2) is 38.4 Å². The number of piperidine rings is 1. The van der Waals surface area contributed by atoms with Gasteiger partial charge < -0.3 is 20.3 Å². The summed E-state index contributed by atoms with van der Waals surface area (Å²) in [5.41, 5.74) is 2.05. The number of urea groups is 1. The SMILES string of the molecule is COC1CCN(c2ccc(NC(=O)NC3CCCC3)cc2)CC1. The van der Waals surface area contributed by atoms with Gasteiger partial charge in [-0.1, -0.05) is 12.8 Å². The quantitative estimate of drug-likeness (QED) is 0.895. The van der Waals surface area contributed by atoms with Crippen LogP contribution in [-0.2, 0) is 4.74 Å². The minimum atomic E-state index is -0.0921. The Morgan fingerprint density at radius 2 is 1.74 bits per heavy atom. The third-order valence-electron chi connectivity index (χ3n) is 4.96. The topological polar surface area (TPSA) is 53.6 Å². The number of nitrogens with zero attached hydrogens (tertiary/aromatic N) is 1. The number of hydrogen-bond acceptors (Lipinski definition) is 3. The lowest BCUT2D eigenvalue weighted by Gasteiger charge is -2.33. The summed E-state index contributed by atoms with van der Waals surface area (Å²) < 4.78 is 5.41. The van der Waals surface area contributed by atoms with E-state index in [0.29, 0.717) is 12.1 Å². The summed E-state index contributed by atoms with van der Waals surface area (Å²) in [5, 5.41) is 5.97. The number of nitrogens with one attached hydrogen (secondary N) is 2. The van der Waals surface area contributed by atoms with Crippen molar-refractivity contribution in [3.05, 3.63) is 24.3 Å². The summed E-state index contributed by atoms with van der Waals surface area (Å²) in [7, 11) is 1.79. The summed E-state index contributed by atoms with van der Waals surface area (Å²) in [6.45, 7) is 2.04. The molecule has 5 nitrogen and oxygen atoms in total. The predicted octanol–water partition coefficient (Wildman–Crippen LogP) is 3.37. The molecule has 0 radical (unpaired) electrons. The minimum absolute atomic E-state index is 0.0921. The molecule has 0 atom stereocenters. The molecule has 0 unspecified atom stereocenters. The van der Waals surface area contributed by atoms with E-state index in [1.54, 1.807) is 7.11 Å². The molecule has 1 aliphatic heterocycles. The van der Waals surface area contributed by atoms with Crippen LogP contribution in [0.4, 0.5) is 16.2 Å². The highest BCUT2D eigenvalue weighted by molar-refractivity contribution is 5.89. The molecule has 23 heavy (non-hydrogen) atoms. The van der Waals surface area contributed by atoms with Gasteiger partial charge in [-0.25, -0.2) is 4.79 Å². The van der Waals surface area contributed by atoms with Crippen molar-refractivity contribution in [1.82, 2.24) is 5.32 Å². The third-order valence-corrected chi connectivity index (χ3v) is 4.96. The zero-order valence-electron chi connectivity index (χ0n) is 13.9. The fraction of sp³-hybridized carbons (Fsp3) is 0.611. The van der Waals surface area contributed by atoms with Crippen LogP contribution in [0.15, 0.2) is 24.3 Å². The van der Waals surface area contributed by atoms with Gasteiger partial charge in [-0.3, -0.25) is 0 Å². The highest BCUT2D eigenvalue weighted by atomic mass is 16.5. The van der Waals surface area contributed by atoms with Gasteiger partial charge in [0.25, 0.3) is 0 Å². The van der Waals surface area contributed by atoms with E-state index in [0.717, 1.165) is 44.5 Å². The van der Waals surface area contributed by atoms with E-state index < -0.39 is 0 Å². The first-order chi connectivity index (χ1) is 11.2. The van der Waals surface area contributed by atoms with E-state index in [4.69, 9.17) is 4.74 Å². The summed E-state index contributed by atoms with van der Waals surface area (Å²) >= 11 is 0. The number of benzene rings is 1. The second-order valence-corrected chi connectivity index (χ2v) is 6.55. The van der Waals surface area contributed by atoms with Crippen molar-refractivity contribution in [3.63, 3.8) is 0 Å². The third kappa shape index (κ3) is 4.38. The summed E-state index contributed by atoms with van der Waals surface area (Å²) in [6, 6.07) is 8.37. The molecule has 1 aliphatic carbocycles. The largest absolute Gasteiger partial charge is 0.381 e. The van der Waals surface area contributed by atoms with Crippen LogP contribution in [0.2, 0.25) is 0 Å². The summed E-state index contributed by atoms with van der Waals surface area (Å²) in [6.07, 6.45) is 7.18. The molecule has 1 aromatic rings. The Labute approximate surface area is 138 Å². The molecule has 1 saturated carbocycles. The molecule has 1 saturated heterocycles. The molecule has 2 fully saturated rings. The predicted molar refractivity (Wildman–Crippen MR) is 93.1 cm³/mol. The standard InChI is InChI=1S/C18H27N3O2/c1-23-17-10-12-21(13-11-17)16-8-6-15(7-9-16)20-18(22)19-14-4-2-3-5-14/h6-9,14,17H,2-5,10-13H2,1H3,(H2,19,20,22). The molecule has 0 aromatic heterocycles. The van der Waals surface area contributed by atoms with Crippen molar-refractivity contribution in [2.24, 2.45) is 0 Å². The molecule has 2 N–H and O–H groups in total. The van der Waals surface area contributed by atoms with E-state index in [-0.39, 0.29) is 6.03 Å². The molecule has 0 bridgehead atoms. The number of rotatable bonds is 4. The highest BCUT2D eigenvalue weighted by Gasteiger charge is 2.19. The lowest BCUT2D eigenvalue weighted by Crippen LogP contribution is -2.37. The van der Waals surface area contributed by atoms with Gasteiger partial charge in [-0.2, -0.15) is 0 Å². The second-order valence-electron chi connectivity index (χ2n) is 6.55. The van der Waals surface area contributed by atoms with Gasteiger partial charge in [0.15, 0.2) is 0 Å². The van der Waals surface area contributed by atoms with E-state index >= 15 is 0 Å². The van der Waals surface area contributed by atoms with E-state index in [9.17, 15) is 4.79 Å². The fourth-order valence-corrected chi connectivity index (χ4v) is 3.53. The zero-order valence-corrected chi connectivity index (χ0v) is 13.9. The number of carbonyl (C=O) groups excluding carboxylic acids is 1. The van der Waals surface area contributed by atoms with Crippen LogP contribution in [0, 0.1) is 0 Å². The maximum Gasteiger partial charge on any atom is 0.319 e. The van der Waals surface area contributed by atoms with E-state index in [1.165, 1.54) is 18.5 Å². The van der Waals surface area contributed by atoms with Gasteiger partial charge in [-0.15, -0.1) is 0 Å². The molecule has 1 aromatic carbocycles. The van der Waals surface area contributed by atoms with Gasteiger partial charge in [0.2, 0.25) is 0 Å². The van der Waals surface area contributed by atoms with Gasteiger partial charge >= 0.3 is 6.03 Å². The maximum atomic E-state index is 12.0. The van der Waals surface area contributed by atoms with Crippen molar-refractivity contribution < 1.29 is 9.53 Å². The number of ether oxygens (including phenoxy) is 1. The monoisotopic (exact) mass is 317 g/mol. The Morgan fingerprint density at radius 3 is 2.35 bits per heavy atom. The van der Waals surface area contributed by atoms with Crippen LogP contribution in [0.1, 0.15) is 38.5 Å². The van der Waals surface area contributed by atoms with Crippen molar-refractivity contribution >= 4 is 17.4 Å². The zero-order chi connectivity index (χ0) is 16.1. The highest BCUT2D eigenvalue weighted by Crippen LogP contribution is 2.23. The molecule has 3 rings (SSSR count). The lowest BCUT2D eigenvalue weighted by atomic mass is 10.1. The normalized spacial score (nSPS) is 19.8. The second kappa shape index (κ2) is 7.68. The molecule has 1 heterocycles. The molecule has 126 valence electrons. The van der Waals surface area contributed by atoms with Crippen LogP contribution in [0.5, 0.6) is 0 Å². The maximum absolute atomic E-state index is 12.0. The Morgan fingerprint density at radius 1 is 1.09 bits per heavy atom. The Hall–Kier alpha value is -1.75. The van der Waals surface area contributed by atoms with Crippen LogP contribution in [0.3, 0.4) is 0 Å². The lowest BCUT2D eigenvalue weighted by molar-refractivity contribution is 0.0819. The van der Waals surface area contributed by atoms with Crippen molar-refractivity contribution in [2.75, 3.05) is 30.4 Å². The molecule has 2 aliphatic rings. The number of methoxy groups -OCH3 is 1. The van der Waals surface area contributed by atoms with Crippen LogP contribution < -0.4 is 15.5 Å². The average Bonchev–Trinajstić information content (AvgIpc) is 3.08. The molecular weight excluding hydrogens is 290 g/mol. The number of carbonyl (C=O) groups is 1. The number of anilines is 2. The van der Waals surface area contributed by atoms with E-state index in [1.807, 2.05) is 12.1 Å². The van der Waals surface area contributed by atoms with Crippen molar-refractivity contribution in [1.29, 1.82) is 0 Å². The Bertz CT molecular complexity index is 504. The summed E-state index contributed by atoms with van der Waals surface area (Å²) in [5.74, 6) is 0. The Kier molecular flexibility index (Phi) is 5.39. The van der Waals surface area contributed by atoms with Gasteiger partial charge in [0.1, 0.15) is 0 Å². The molecule has 2 amide bonds. The van der Waals surface area contributed by atoms with E-state index in [2.05, 4.69) is 27.7 Å². The molecule has 0 spiro atoms. The van der Waals surface area contributed by atoms with Crippen molar-refractivity contribution in [3.8, 4) is 0 Å². The van der Waals surface area contributed by atoms with Crippen LogP contribution in [0.25, 0.3) is 0 Å². The first kappa shape index (κ1) is 16.1. The summed E-state index contributed by atoms with van der Waals surface area (Å²) in [4.78, 5) is 14.4. The molecule has 5 heteroatoms. The molecular formula is C18H27N3O2. The Balaban J connectivity index is 1.49.